The molecule has 4 rings (SSSR count). The maximum atomic E-state index is 12.5. The van der Waals surface area contributed by atoms with Crippen molar-refractivity contribution in [3.8, 4) is 5.75 Å². The molecule has 10 heteroatoms. The van der Waals surface area contributed by atoms with Crippen molar-refractivity contribution in [1.82, 2.24) is 20.2 Å². The van der Waals surface area contributed by atoms with Gasteiger partial charge in [-0.25, -0.2) is 4.68 Å². The van der Waals surface area contributed by atoms with E-state index in [0.29, 0.717) is 28.7 Å². The van der Waals surface area contributed by atoms with E-state index < -0.39 is 0 Å². The second-order valence-electron chi connectivity index (χ2n) is 6.04. The Morgan fingerprint density at radius 3 is 3.19 bits per heavy atom. The number of rotatable bonds is 6. The molecular weight excluding hydrogens is 358 g/mol. The van der Waals surface area contributed by atoms with Gasteiger partial charge >= 0.3 is 0 Å². The molecule has 0 aliphatic carbocycles. The number of carbonyl (C=O) groups is 2. The number of benzene rings is 1. The summed E-state index contributed by atoms with van der Waals surface area (Å²) >= 11 is 1.28. The lowest BCUT2D eigenvalue weighted by molar-refractivity contribution is -0.118. The van der Waals surface area contributed by atoms with Crippen molar-refractivity contribution in [2.24, 2.45) is 0 Å². The molecule has 2 aromatic rings. The molecule has 2 aliphatic heterocycles. The molecule has 0 saturated carbocycles. The zero-order valence-electron chi connectivity index (χ0n) is 13.9. The van der Waals surface area contributed by atoms with Gasteiger partial charge in [-0.05, 0) is 41.5 Å². The van der Waals surface area contributed by atoms with E-state index in [9.17, 15) is 9.59 Å². The van der Waals surface area contributed by atoms with Crippen molar-refractivity contribution in [3.05, 3.63) is 23.8 Å². The Morgan fingerprint density at radius 1 is 1.42 bits per heavy atom. The van der Waals surface area contributed by atoms with E-state index in [4.69, 9.17) is 9.47 Å². The van der Waals surface area contributed by atoms with E-state index in [1.165, 1.54) is 11.8 Å². The number of aromatic nitrogens is 4. The highest BCUT2D eigenvalue weighted by Crippen LogP contribution is 2.29. The summed E-state index contributed by atoms with van der Waals surface area (Å²) in [5.41, 5.74) is 1.01. The van der Waals surface area contributed by atoms with Crippen LogP contribution in [0.5, 0.6) is 5.75 Å². The number of nitrogens with zero attached hydrogens (tertiary/aromatic N) is 4. The van der Waals surface area contributed by atoms with Crippen molar-refractivity contribution in [3.63, 3.8) is 0 Å². The van der Waals surface area contributed by atoms with Crippen LogP contribution >= 0.6 is 11.8 Å². The fourth-order valence-corrected chi connectivity index (χ4v) is 3.65. The molecular formula is C16H17N5O4S. The number of tetrazole rings is 1. The van der Waals surface area contributed by atoms with Gasteiger partial charge in [0, 0.05) is 12.2 Å². The summed E-state index contributed by atoms with van der Waals surface area (Å²) in [6.45, 7) is 1.35. The minimum atomic E-state index is -0.232. The summed E-state index contributed by atoms with van der Waals surface area (Å²) in [5.74, 6) is 0.447. The lowest BCUT2D eigenvalue weighted by Crippen LogP contribution is -2.25. The zero-order chi connectivity index (χ0) is 17.9. The molecule has 0 unspecified atom stereocenters. The van der Waals surface area contributed by atoms with Crippen LogP contribution in [0.1, 0.15) is 23.2 Å². The summed E-state index contributed by atoms with van der Waals surface area (Å²) in [5, 5.41) is 14.9. The first-order valence-corrected chi connectivity index (χ1v) is 9.28. The molecule has 1 N–H and O–H groups in total. The number of anilines is 1. The fraction of sp³-hybridized carbons (Fsp3) is 0.438. The molecule has 0 spiro atoms. The molecule has 1 aromatic heterocycles. The van der Waals surface area contributed by atoms with E-state index in [1.54, 1.807) is 22.9 Å². The number of thioether (sulfide) groups is 1. The number of nitrogens with one attached hydrogen (secondary N) is 1. The van der Waals surface area contributed by atoms with E-state index >= 15 is 0 Å². The molecule has 2 aliphatic rings. The second-order valence-corrected chi connectivity index (χ2v) is 6.98. The summed E-state index contributed by atoms with van der Waals surface area (Å²) in [4.78, 5) is 23.9. The smallest absolute Gasteiger partial charge is 0.262 e. The fourth-order valence-electron chi connectivity index (χ4n) is 2.87. The largest absolute Gasteiger partial charge is 0.482 e. The monoisotopic (exact) mass is 375 g/mol. The van der Waals surface area contributed by atoms with Gasteiger partial charge in [0.2, 0.25) is 5.16 Å². The van der Waals surface area contributed by atoms with Crippen molar-refractivity contribution in [2.75, 3.05) is 24.3 Å². The van der Waals surface area contributed by atoms with Gasteiger partial charge in [0.1, 0.15) is 5.75 Å². The number of Topliss-reactive ketones (excluding diaryl/α,β-unsaturated/α-hetero) is 1. The van der Waals surface area contributed by atoms with Crippen LogP contribution in [0.4, 0.5) is 5.69 Å². The second kappa shape index (κ2) is 7.42. The first-order valence-electron chi connectivity index (χ1n) is 8.29. The number of fused-ring (bicyclic) bond motifs is 1. The van der Waals surface area contributed by atoms with Crippen molar-refractivity contribution in [1.29, 1.82) is 0 Å². The van der Waals surface area contributed by atoms with Gasteiger partial charge in [0.05, 0.1) is 24.1 Å². The van der Waals surface area contributed by atoms with E-state index in [1.807, 2.05) is 0 Å². The van der Waals surface area contributed by atoms with Gasteiger partial charge in [-0.2, -0.15) is 0 Å². The van der Waals surface area contributed by atoms with Crippen molar-refractivity contribution in [2.45, 2.75) is 30.6 Å². The Kier molecular flexibility index (Phi) is 4.85. The molecule has 26 heavy (non-hydrogen) atoms. The first-order chi connectivity index (χ1) is 12.7. The number of ether oxygens (including phenoxy) is 2. The Hall–Kier alpha value is -2.46. The normalized spacial score (nSPS) is 18.9. The van der Waals surface area contributed by atoms with Crippen LogP contribution in [-0.2, 0) is 16.1 Å². The molecule has 0 radical (unpaired) electrons. The number of hydrogen-bond acceptors (Lipinski definition) is 8. The van der Waals surface area contributed by atoms with Crippen molar-refractivity contribution >= 4 is 29.1 Å². The Morgan fingerprint density at radius 2 is 2.35 bits per heavy atom. The van der Waals surface area contributed by atoms with Crippen LogP contribution < -0.4 is 10.1 Å². The third-order valence-electron chi connectivity index (χ3n) is 4.17. The molecule has 136 valence electrons. The number of amides is 1. The van der Waals surface area contributed by atoms with Crippen LogP contribution in [0.3, 0.4) is 0 Å². The average molecular weight is 375 g/mol. The van der Waals surface area contributed by atoms with Crippen LogP contribution in [-0.4, -0.2) is 57.0 Å². The predicted octanol–water partition coefficient (Wildman–Crippen LogP) is 1.16. The van der Waals surface area contributed by atoms with E-state index in [-0.39, 0.29) is 30.2 Å². The maximum absolute atomic E-state index is 12.5. The Labute approximate surface area is 153 Å². The lowest BCUT2D eigenvalue weighted by Gasteiger charge is -2.18. The summed E-state index contributed by atoms with van der Waals surface area (Å²) in [6, 6.07) is 5.01. The Balaban J connectivity index is 1.39. The summed E-state index contributed by atoms with van der Waals surface area (Å²) in [7, 11) is 0. The minimum Gasteiger partial charge on any atom is -0.482 e. The molecule has 9 nitrogen and oxygen atoms in total. The van der Waals surface area contributed by atoms with Gasteiger partial charge in [-0.3, -0.25) is 9.59 Å². The SMILES string of the molecule is O=C1COc2ccc(C(=O)CSc3nnnn3C[C@H]3CCCO3)cc2N1. The zero-order valence-corrected chi connectivity index (χ0v) is 14.7. The van der Waals surface area contributed by atoms with Crippen LogP contribution in [0.15, 0.2) is 23.4 Å². The van der Waals surface area contributed by atoms with E-state index in [2.05, 4.69) is 20.8 Å². The highest BCUT2D eigenvalue weighted by atomic mass is 32.2. The number of carbonyl (C=O) groups excluding carboxylic acids is 2. The number of ketones is 1. The van der Waals surface area contributed by atoms with Gasteiger partial charge in [0.25, 0.3) is 5.91 Å². The van der Waals surface area contributed by atoms with Crippen LogP contribution in [0.2, 0.25) is 0 Å². The molecule has 1 aromatic carbocycles. The third-order valence-corrected chi connectivity index (χ3v) is 5.12. The molecule has 0 bridgehead atoms. The van der Waals surface area contributed by atoms with Gasteiger partial charge < -0.3 is 14.8 Å². The topological polar surface area (TPSA) is 108 Å². The standard InChI is InChI=1S/C16H17N5O4S/c22-13(10-3-4-14-12(6-10)17-15(23)8-25-14)9-26-16-18-19-20-21(16)7-11-2-1-5-24-11/h3-4,6,11H,1-2,5,7-9H2,(H,17,23)/t11-/m1/s1. The molecule has 1 amide bonds. The van der Waals surface area contributed by atoms with Crippen molar-refractivity contribution < 1.29 is 19.1 Å². The Bertz CT molecular complexity index is 834. The minimum absolute atomic E-state index is 0.0104. The summed E-state index contributed by atoms with van der Waals surface area (Å²) in [6.07, 6.45) is 2.16. The first kappa shape index (κ1) is 17.0. The highest BCUT2D eigenvalue weighted by molar-refractivity contribution is 7.99. The average Bonchev–Trinajstić information content (AvgIpc) is 3.31. The van der Waals surface area contributed by atoms with Crippen LogP contribution in [0, 0.1) is 0 Å². The quantitative estimate of drug-likeness (QED) is 0.592. The highest BCUT2D eigenvalue weighted by Gasteiger charge is 2.21. The van der Waals surface area contributed by atoms with Gasteiger partial charge in [-0.15, -0.1) is 5.10 Å². The lowest BCUT2D eigenvalue weighted by atomic mass is 10.1. The molecule has 1 fully saturated rings. The summed E-state index contributed by atoms with van der Waals surface area (Å²) < 4.78 is 12.6. The van der Waals surface area contributed by atoms with E-state index in [0.717, 1.165) is 19.4 Å². The number of hydrogen-bond donors (Lipinski definition) is 1. The predicted molar refractivity (Wildman–Crippen MR) is 92.4 cm³/mol. The maximum Gasteiger partial charge on any atom is 0.262 e. The third kappa shape index (κ3) is 3.70. The van der Waals surface area contributed by atoms with Crippen LogP contribution in [0.25, 0.3) is 0 Å². The molecule has 1 atom stereocenters. The molecule has 3 heterocycles. The molecule has 1 saturated heterocycles. The van der Waals surface area contributed by atoms with Gasteiger partial charge in [0.15, 0.2) is 12.4 Å². The van der Waals surface area contributed by atoms with Gasteiger partial charge in [-0.1, -0.05) is 11.8 Å².